The van der Waals surface area contributed by atoms with Crippen LogP contribution in [0, 0.1) is 35.3 Å². The fraction of sp³-hybridized carbons (Fsp3) is 0.567. The zero-order valence-electron chi connectivity index (χ0n) is 42.9. The molecule has 0 aliphatic carbocycles. The van der Waals surface area contributed by atoms with Gasteiger partial charge in [0.05, 0.1) is 32.3 Å². The molecule has 8 heteroatoms. The van der Waals surface area contributed by atoms with E-state index in [1.54, 1.807) is 12.1 Å². The Morgan fingerprint density at radius 2 is 0.779 bits per heavy atom. The maximum absolute atomic E-state index is 16.1. The van der Waals surface area contributed by atoms with Gasteiger partial charge < -0.3 is 9.80 Å². The SMILES string of the molecule is CCCCC(CC)CCc1ccc(-c2ccc(C3=C4C(=O)N(CC(CC)CCCC)C(c5ccc(-c6ccc(CCC(CC)CCCC)cc6F)s5)=C4C(=O)N3CC(CC)CCCC)s2)c(F)c1. The quantitative estimate of drug-likeness (QED) is 0.0522. The molecule has 4 unspecified atom stereocenters. The van der Waals surface area contributed by atoms with Gasteiger partial charge >= 0.3 is 0 Å². The number of carbonyl (C=O) groups is 2. The van der Waals surface area contributed by atoms with Crippen molar-refractivity contribution in [2.75, 3.05) is 13.1 Å². The number of thiophene rings is 2. The second-order valence-electron chi connectivity index (χ2n) is 20.0. The maximum Gasteiger partial charge on any atom is 0.261 e. The Morgan fingerprint density at radius 1 is 0.441 bits per heavy atom. The summed E-state index contributed by atoms with van der Waals surface area (Å²) in [5.41, 5.74) is 5.32. The molecule has 4 atom stereocenters. The molecule has 0 saturated heterocycles. The van der Waals surface area contributed by atoms with Gasteiger partial charge in [0, 0.05) is 34.0 Å². The van der Waals surface area contributed by atoms with Crippen molar-refractivity contribution in [1.29, 1.82) is 0 Å². The number of benzene rings is 2. The summed E-state index contributed by atoms with van der Waals surface area (Å²) in [7, 11) is 0. The number of hydrogen-bond acceptors (Lipinski definition) is 4. The van der Waals surface area contributed by atoms with Crippen molar-refractivity contribution in [1.82, 2.24) is 9.80 Å². The van der Waals surface area contributed by atoms with E-state index in [2.05, 4.69) is 67.5 Å². The fourth-order valence-electron chi connectivity index (χ4n) is 10.5. The molecule has 2 aromatic carbocycles. The molecule has 0 saturated carbocycles. The molecule has 2 aromatic heterocycles. The van der Waals surface area contributed by atoms with Crippen LogP contribution in [0.4, 0.5) is 8.78 Å². The summed E-state index contributed by atoms with van der Waals surface area (Å²) in [5.74, 6) is 1.04. The lowest BCUT2D eigenvalue weighted by Crippen LogP contribution is -2.34. The fourth-order valence-corrected chi connectivity index (χ4v) is 12.7. The van der Waals surface area contributed by atoms with Crippen LogP contribution in [0.1, 0.15) is 192 Å². The summed E-state index contributed by atoms with van der Waals surface area (Å²) in [6.45, 7) is 18.7. The van der Waals surface area contributed by atoms with Gasteiger partial charge in [-0.25, -0.2) is 8.78 Å². The first-order valence-corrected chi connectivity index (χ1v) is 28.6. The molecule has 0 N–H and O–H groups in total. The van der Waals surface area contributed by atoms with E-state index in [1.165, 1.54) is 61.2 Å². The zero-order valence-corrected chi connectivity index (χ0v) is 44.6. The van der Waals surface area contributed by atoms with Crippen LogP contribution >= 0.6 is 22.7 Å². The van der Waals surface area contributed by atoms with Gasteiger partial charge in [-0.2, -0.15) is 0 Å². The number of halogens is 2. The van der Waals surface area contributed by atoms with Crippen LogP contribution in [0.15, 0.2) is 71.8 Å². The monoisotopic (exact) mass is 965 g/mol. The molecular weight excluding hydrogens is 883 g/mol. The third kappa shape index (κ3) is 12.9. The highest BCUT2D eigenvalue weighted by molar-refractivity contribution is 7.17. The molecule has 370 valence electrons. The molecule has 6 rings (SSSR count). The van der Waals surface area contributed by atoms with Crippen LogP contribution in [-0.2, 0) is 22.4 Å². The van der Waals surface area contributed by atoms with Gasteiger partial charge in [0.15, 0.2) is 0 Å². The zero-order chi connectivity index (χ0) is 48.7. The van der Waals surface area contributed by atoms with Gasteiger partial charge in [-0.1, -0.05) is 170 Å². The minimum Gasteiger partial charge on any atom is -0.306 e. The predicted octanol–water partition coefficient (Wildman–Crippen LogP) is 18.0. The summed E-state index contributed by atoms with van der Waals surface area (Å²) < 4.78 is 32.3. The van der Waals surface area contributed by atoms with Gasteiger partial charge in [0.2, 0.25) is 0 Å². The molecule has 2 aliphatic heterocycles. The van der Waals surface area contributed by atoms with E-state index in [9.17, 15) is 0 Å². The van der Waals surface area contributed by atoms with Crippen molar-refractivity contribution in [3.8, 4) is 20.9 Å². The second-order valence-corrected chi connectivity index (χ2v) is 22.1. The third-order valence-corrected chi connectivity index (χ3v) is 17.4. The van der Waals surface area contributed by atoms with Gasteiger partial charge in [-0.05, 0) is 110 Å². The normalized spacial score (nSPS) is 15.9. The van der Waals surface area contributed by atoms with Crippen LogP contribution in [0.3, 0.4) is 0 Å². The predicted molar refractivity (Wildman–Crippen MR) is 287 cm³/mol. The largest absolute Gasteiger partial charge is 0.306 e. The van der Waals surface area contributed by atoms with E-state index < -0.39 is 0 Å². The maximum atomic E-state index is 16.1. The van der Waals surface area contributed by atoms with Crippen molar-refractivity contribution < 1.29 is 18.4 Å². The molecule has 4 aromatic rings. The summed E-state index contributed by atoms with van der Waals surface area (Å²) >= 11 is 2.92. The number of fused-ring (bicyclic) bond motifs is 1. The summed E-state index contributed by atoms with van der Waals surface area (Å²) in [5, 5.41) is 0. The second kappa shape index (κ2) is 26.4. The summed E-state index contributed by atoms with van der Waals surface area (Å²) in [6.07, 6.45) is 21.5. The van der Waals surface area contributed by atoms with Gasteiger partial charge in [-0.15, -0.1) is 22.7 Å². The molecule has 0 spiro atoms. The molecule has 2 amide bonds. The smallest absolute Gasteiger partial charge is 0.261 e. The highest BCUT2D eigenvalue weighted by Crippen LogP contribution is 2.51. The average Bonchev–Trinajstić information content (AvgIpc) is 4.14. The van der Waals surface area contributed by atoms with Crippen LogP contribution in [0.5, 0.6) is 0 Å². The van der Waals surface area contributed by atoms with Crippen LogP contribution in [-0.4, -0.2) is 34.7 Å². The van der Waals surface area contributed by atoms with Crippen molar-refractivity contribution >= 4 is 45.9 Å². The van der Waals surface area contributed by atoms with E-state index in [-0.39, 0.29) is 35.3 Å². The topological polar surface area (TPSA) is 40.6 Å². The van der Waals surface area contributed by atoms with Crippen molar-refractivity contribution in [3.05, 3.63) is 104 Å². The molecule has 68 heavy (non-hydrogen) atoms. The Morgan fingerprint density at radius 3 is 1.10 bits per heavy atom. The number of aryl methyl sites for hydroxylation is 2. The Balaban J connectivity index is 1.41. The lowest BCUT2D eigenvalue weighted by molar-refractivity contribution is -0.124. The van der Waals surface area contributed by atoms with E-state index >= 15 is 18.4 Å². The first-order chi connectivity index (χ1) is 33.0. The molecule has 0 bridgehead atoms. The highest BCUT2D eigenvalue weighted by atomic mass is 32.1. The van der Waals surface area contributed by atoms with Crippen molar-refractivity contribution in [2.45, 2.75) is 184 Å². The molecule has 4 nitrogen and oxygen atoms in total. The Kier molecular flexibility index (Phi) is 20.7. The van der Waals surface area contributed by atoms with Gasteiger partial charge in [0.25, 0.3) is 11.8 Å². The Bertz CT molecular complexity index is 2180. The summed E-state index contributed by atoms with van der Waals surface area (Å²) in [6, 6.07) is 19.3. The molecule has 4 heterocycles. The average molecular weight is 965 g/mol. The number of nitrogens with zero attached hydrogens (tertiary/aromatic N) is 2. The molecule has 0 fully saturated rings. The third-order valence-electron chi connectivity index (χ3n) is 15.2. The van der Waals surface area contributed by atoms with Crippen LogP contribution in [0.25, 0.3) is 32.3 Å². The number of rotatable bonds is 30. The lowest BCUT2D eigenvalue weighted by atomic mass is 9.92. The Hall–Kier alpha value is -3.88. The van der Waals surface area contributed by atoms with E-state index in [0.717, 1.165) is 121 Å². The van der Waals surface area contributed by atoms with Gasteiger partial charge in [0.1, 0.15) is 11.6 Å². The van der Waals surface area contributed by atoms with Gasteiger partial charge in [-0.3, -0.25) is 9.59 Å². The number of carbonyl (C=O) groups excluding carboxylic acids is 2. The minimum atomic E-state index is -0.240. The molecular formula is C60H82F2N2O2S2. The van der Waals surface area contributed by atoms with Crippen LogP contribution < -0.4 is 0 Å². The molecule has 2 aliphatic rings. The van der Waals surface area contributed by atoms with E-state index in [4.69, 9.17) is 0 Å². The lowest BCUT2D eigenvalue weighted by Gasteiger charge is -2.29. The van der Waals surface area contributed by atoms with E-state index in [1.807, 2.05) is 46.2 Å². The minimum absolute atomic E-state index is 0.151. The Labute approximate surface area is 417 Å². The highest BCUT2D eigenvalue weighted by Gasteiger charge is 2.50. The molecule has 0 radical (unpaired) electrons. The van der Waals surface area contributed by atoms with Crippen molar-refractivity contribution in [2.24, 2.45) is 23.7 Å². The number of hydrogen-bond donors (Lipinski definition) is 0. The van der Waals surface area contributed by atoms with E-state index in [0.29, 0.717) is 58.6 Å². The first kappa shape index (κ1) is 53.5. The number of amides is 2. The number of unbranched alkanes of at least 4 members (excludes halogenated alkanes) is 4. The van der Waals surface area contributed by atoms with Crippen molar-refractivity contribution in [3.63, 3.8) is 0 Å². The summed E-state index contributed by atoms with van der Waals surface area (Å²) in [4.78, 5) is 37.6. The standard InChI is InChI=1S/C60H82F2N2O2S2/c1-9-17-21-41(13-5)25-27-45-29-31-47(49(61)37-45)51-33-35-53(67-51)57-55-56(60(66)63(57)39-43(15-7)23-19-11-3)58(64(59(55)65)40-44(16-8)24-20-12-4)54-36-34-52(68-54)48-32-30-46(38-50(48)62)28-26-42(14-6)22-18-10-2/h29-38,41-44H,9-28,39-40H2,1-8H3. The van der Waals surface area contributed by atoms with Crippen LogP contribution in [0.2, 0.25) is 0 Å². The first-order valence-electron chi connectivity index (χ1n) is 26.9.